The van der Waals surface area contributed by atoms with Crippen LogP contribution in [0, 0.1) is 6.92 Å². The molecule has 2 unspecified atom stereocenters. The Balaban J connectivity index is 2.20. The van der Waals surface area contributed by atoms with Gasteiger partial charge in [-0.15, -0.1) is 11.3 Å². The monoisotopic (exact) mass is 270 g/mol. The van der Waals surface area contributed by atoms with Gasteiger partial charge < -0.3 is 14.7 Å². The standard InChI is InChI=1S/C11H14N2O4S/c1-6-12-4-9(18-6)10(14)13-5-7(17-2)3-8(13)11(15)16/h4,7-8H,3,5H2,1-2H3,(H,15,16). The zero-order valence-corrected chi connectivity index (χ0v) is 10.9. The van der Waals surface area contributed by atoms with Gasteiger partial charge in [0.15, 0.2) is 0 Å². The molecule has 0 radical (unpaired) electrons. The van der Waals surface area contributed by atoms with E-state index in [0.29, 0.717) is 17.8 Å². The van der Waals surface area contributed by atoms with E-state index in [1.165, 1.54) is 29.5 Å². The maximum atomic E-state index is 12.2. The van der Waals surface area contributed by atoms with Crippen molar-refractivity contribution in [3.63, 3.8) is 0 Å². The highest BCUT2D eigenvalue weighted by Gasteiger charge is 2.40. The summed E-state index contributed by atoms with van der Waals surface area (Å²) in [6, 6.07) is -0.815. The Hall–Kier alpha value is -1.47. The fourth-order valence-corrected chi connectivity index (χ4v) is 2.76. The first kappa shape index (κ1) is 13.0. The van der Waals surface area contributed by atoms with Crippen LogP contribution in [-0.4, -0.2) is 52.7 Å². The number of methoxy groups -OCH3 is 1. The summed E-state index contributed by atoms with van der Waals surface area (Å²) < 4.78 is 5.14. The van der Waals surface area contributed by atoms with Gasteiger partial charge in [0.05, 0.1) is 17.3 Å². The van der Waals surface area contributed by atoms with E-state index in [1.807, 2.05) is 0 Å². The van der Waals surface area contributed by atoms with Gasteiger partial charge in [-0.05, 0) is 6.92 Å². The number of thiazole rings is 1. The highest BCUT2D eigenvalue weighted by molar-refractivity contribution is 7.13. The summed E-state index contributed by atoms with van der Waals surface area (Å²) in [7, 11) is 1.52. The summed E-state index contributed by atoms with van der Waals surface area (Å²) in [6.07, 6.45) is 1.60. The molecule has 98 valence electrons. The normalized spacial score (nSPS) is 23.3. The van der Waals surface area contributed by atoms with Gasteiger partial charge in [0.1, 0.15) is 10.9 Å². The van der Waals surface area contributed by atoms with E-state index in [0.717, 1.165) is 5.01 Å². The Labute approximate surface area is 108 Å². The first-order chi connectivity index (χ1) is 8.52. The van der Waals surface area contributed by atoms with Gasteiger partial charge in [-0.25, -0.2) is 9.78 Å². The first-order valence-corrected chi connectivity index (χ1v) is 6.33. The second-order valence-corrected chi connectivity index (χ2v) is 5.38. The minimum absolute atomic E-state index is 0.218. The number of hydrogen-bond acceptors (Lipinski definition) is 5. The van der Waals surface area contributed by atoms with Crippen LogP contribution in [0.4, 0.5) is 0 Å². The number of aryl methyl sites for hydroxylation is 1. The van der Waals surface area contributed by atoms with Crippen LogP contribution in [0.3, 0.4) is 0 Å². The number of carbonyl (C=O) groups is 2. The molecule has 6 nitrogen and oxygen atoms in total. The lowest BCUT2D eigenvalue weighted by atomic mass is 10.2. The topological polar surface area (TPSA) is 79.7 Å². The van der Waals surface area contributed by atoms with Crippen molar-refractivity contribution in [3.8, 4) is 0 Å². The first-order valence-electron chi connectivity index (χ1n) is 5.52. The number of aliphatic carboxylic acids is 1. The molecule has 1 N–H and O–H groups in total. The van der Waals surface area contributed by atoms with E-state index in [2.05, 4.69) is 4.98 Å². The Morgan fingerprint density at radius 1 is 1.61 bits per heavy atom. The number of ether oxygens (including phenoxy) is 1. The lowest BCUT2D eigenvalue weighted by Gasteiger charge is -2.20. The van der Waals surface area contributed by atoms with E-state index in [-0.39, 0.29) is 12.0 Å². The number of amides is 1. The van der Waals surface area contributed by atoms with Crippen molar-refractivity contribution in [2.45, 2.75) is 25.5 Å². The molecule has 1 saturated heterocycles. The predicted molar refractivity (Wildman–Crippen MR) is 64.7 cm³/mol. The molecule has 0 saturated carbocycles. The number of carboxylic acids is 1. The summed E-state index contributed by atoms with van der Waals surface area (Å²) in [5, 5.41) is 9.92. The highest BCUT2D eigenvalue weighted by atomic mass is 32.1. The second kappa shape index (κ2) is 5.03. The zero-order valence-electron chi connectivity index (χ0n) is 10.1. The van der Waals surface area contributed by atoms with Crippen molar-refractivity contribution < 1.29 is 19.4 Å². The summed E-state index contributed by atoms with van der Waals surface area (Å²) in [4.78, 5) is 29.2. The molecule has 1 aromatic rings. The van der Waals surface area contributed by atoms with Gasteiger partial charge in [-0.2, -0.15) is 0 Å². The summed E-state index contributed by atoms with van der Waals surface area (Å²) in [5.41, 5.74) is 0. The van der Waals surface area contributed by atoms with Gasteiger partial charge in [0, 0.05) is 20.1 Å². The Morgan fingerprint density at radius 3 is 2.83 bits per heavy atom. The molecule has 7 heteroatoms. The maximum absolute atomic E-state index is 12.2. The predicted octanol–water partition coefficient (Wildman–Crippen LogP) is 0.766. The van der Waals surface area contributed by atoms with Gasteiger partial charge in [0.2, 0.25) is 0 Å². The van der Waals surface area contributed by atoms with Gasteiger partial charge >= 0.3 is 5.97 Å². The molecular weight excluding hydrogens is 256 g/mol. The van der Waals surface area contributed by atoms with E-state index < -0.39 is 12.0 Å². The van der Waals surface area contributed by atoms with Gasteiger partial charge in [0.25, 0.3) is 5.91 Å². The third-order valence-electron chi connectivity index (χ3n) is 2.97. The van der Waals surface area contributed by atoms with Crippen LogP contribution in [0.25, 0.3) is 0 Å². The molecule has 0 bridgehead atoms. The smallest absolute Gasteiger partial charge is 0.326 e. The fourth-order valence-electron chi connectivity index (χ4n) is 2.03. The fraction of sp³-hybridized carbons (Fsp3) is 0.545. The van der Waals surface area contributed by atoms with Crippen molar-refractivity contribution in [1.82, 2.24) is 9.88 Å². The number of rotatable bonds is 3. The third kappa shape index (κ3) is 2.37. The van der Waals surface area contributed by atoms with Crippen molar-refractivity contribution >= 4 is 23.2 Å². The number of aromatic nitrogens is 1. The maximum Gasteiger partial charge on any atom is 0.326 e. The largest absolute Gasteiger partial charge is 0.480 e. The van der Waals surface area contributed by atoms with Crippen LogP contribution >= 0.6 is 11.3 Å². The zero-order chi connectivity index (χ0) is 13.3. The third-order valence-corrected chi connectivity index (χ3v) is 3.87. The molecule has 0 aromatic carbocycles. The molecule has 2 atom stereocenters. The van der Waals surface area contributed by atoms with Crippen molar-refractivity contribution in [1.29, 1.82) is 0 Å². The number of nitrogens with zero attached hydrogens (tertiary/aromatic N) is 2. The lowest BCUT2D eigenvalue weighted by Crippen LogP contribution is -2.40. The molecule has 1 fully saturated rings. The minimum Gasteiger partial charge on any atom is -0.480 e. The van der Waals surface area contributed by atoms with E-state index in [1.54, 1.807) is 6.92 Å². The second-order valence-electron chi connectivity index (χ2n) is 4.15. The molecule has 2 rings (SSSR count). The number of hydrogen-bond donors (Lipinski definition) is 1. The summed E-state index contributed by atoms with van der Waals surface area (Å²) in [6.45, 7) is 2.11. The molecule has 0 aliphatic carbocycles. The molecule has 18 heavy (non-hydrogen) atoms. The summed E-state index contributed by atoms with van der Waals surface area (Å²) >= 11 is 1.27. The average Bonchev–Trinajstić information content (AvgIpc) is 2.93. The molecule has 1 aliphatic heterocycles. The SMILES string of the molecule is COC1CC(C(=O)O)N(C(=O)c2cnc(C)s2)C1. The molecule has 1 amide bonds. The van der Waals surface area contributed by atoms with Crippen LogP contribution in [-0.2, 0) is 9.53 Å². The Bertz CT molecular complexity index is 473. The van der Waals surface area contributed by atoms with Crippen molar-refractivity contribution in [2.75, 3.05) is 13.7 Å². The number of likely N-dealkylation sites (tertiary alicyclic amines) is 1. The summed E-state index contributed by atoms with van der Waals surface area (Å²) in [5.74, 6) is -1.28. The quantitative estimate of drug-likeness (QED) is 0.877. The average molecular weight is 270 g/mol. The molecular formula is C11H14N2O4S. The molecule has 0 spiro atoms. The van der Waals surface area contributed by atoms with E-state index in [4.69, 9.17) is 9.84 Å². The molecule has 1 aromatic heterocycles. The van der Waals surface area contributed by atoms with Crippen LogP contribution in [0.2, 0.25) is 0 Å². The van der Waals surface area contributed by atoms with Crippen LogP contribution < -0.4 is 0 Å². The molecule has 1 aliphatic rings. The Morgan fingerprint density at radius 2 is 2.33 bits per heavy atom. The van der Waals surface area contributed by atoms with E-state index in [9.17, 15) is 9.59 Å². The highest BCUT2D eigenvalue weighted by Crippen LogP contribution is 2.24. The van der Waals surface area contributed by atoms with E-state index >= 15 is 0 Å². The number of carbonyl (C=O) groups excluding carboxylic acids is 1. The molecule has 2 heterocycles. The Kier molecular flexibility index (Phi) is 3.63. The van der Waals surface area contributed by atoms with Crippen LogP contribution in [0.15, 0.2) is 6.20 Å². The van der Waals surface area contributed by atoms with Gasteiger partial charge in [-0.1, -0.05) is 0 Å². The van der Waals surface area contributed by atoms with Crippen molar-refractivity contribution in [3.05, 3.63) is 16.1 Å². The van der Waals surface area contributed by atoms with Crippen LogP contribution in [0.5, 0.6) is 0 Å². The lowest BCUT2D eigenvalue weighted by molar-refractivity contribution is -0.141. The number of carboxylic acid groups (broad SMARTS) is 1. The van der Waals surface area contributed by atoms with Crippen LogP contribution in [0.1, 0.15) is 21.1 Å². The van der Waals surface area contributed by atoms with Gasteiger partial charge in [-0.3, -0.25) is 4.79 Å². The van der Waals surface area contributed by atoms with Crippen molar-refractivity contribution in [2.24, 2.45) is 0 Å². The minimum atomic E-state index is -0.996.